The third kappa shape index (κ3) is 2.47. The number of aryl methyl sites for hydroxylation is 2. The van der Waals surface area contributed by atoms with Crippen molar-refractivity contribution in [2.24, 2.45) is 7.05 Å². The lowest BCUT2D eigenvalue weighted by Gasteiger charge is -2.29. The molecule has 0 fully saturated rings. The second-order valence-corrected chi connectivity index (χ2v) is 7.25. The van der Waals surface area contributed by atoms with Gasteiger partial charge in [-0.2, -0.15) is 0 Å². The molecule has 0 radical (unpaired) electrons. The summed E-state index contributed by atoms with van der Waals surface area (Å²) in [6.45, 7) is 6.65. The van der Waals surface area contributed by atoms with E-state index in [1.165, 1.54) is 39.4 Å². The Bertz CT molecular complexity index is 977. The van der Waals surface area contributed by atoms with Crippen molar-refractivity contribution in [3.8, 4) is 11.3 Å². The van der Waals surface area contributed by atoms with Gasteiger partial charge in [0.05, 0.1) is 16.9 Å². The number of nitrogens with zero attached hydrogens (tertiary/aromatic N) is 3. The molecule has 1 aromatic heterocycles. The van der Waals surface area contributed by atoms with Crippen LogP contribution in [0.1, 0.15) is 18.1 Å². The van der Waals surface area contributed by atoms with Gasteiger partial charge in [-0.25, -0.2) is 4.57 Å². The summed E-state index contributed by atoms with van der Waals surface area (Å²) in [5.41, 5.74) is 8.95. The van der Waals surface area contributed by atoms with E-state index in [2.05, 4.69) is 110 Å². The maximum atomic E-state index is 2.45. The van der Waals surface area contributed by atoms with Crippen molar-refractivity contribution in [3.63, 3.8) is 0 Å². The maximum Gasteiger partial charge on any atom is 0.212 e. The van der Waals surface area contributed by atoms with Crippen molar-refractivity contribution in [1.82, 2.24) is 0 Å². The molecule has 0 spiro atoms. The molecule has 1 aliphatic rings. The third-order valence-electron chi connectivity index (χ3n) is 5.60. The Kier molecular flexibility index (Phi) is 3.95. The van der Waals surface area contributed by atoms with Crippen LogP contribution in [0.3, 0.4) is 0 Å². The number of pyridine rings is 1. The van der Waals surface area contributed by atoms with Crippen LogP contribution >= 0.6 is 0 Å². The van der Waals surface area contributed by atoms with Gasteiger partial charge in [0, 0.05) is 24.9 Å². The lowest BCUT2D eigenvalue weighted by Crippen LogP contribution is -2.36. The van der Waals surface area contributed by atoms with Gasteiger partial charge in [-0.15, -0.1) is 0 Å². The zero-order valence-electron chi connectivity index (χ0n) is 16.2. The summed E-state index contributed by atoms with van der Waals surface area (Å²) in [6, 6.07) is 19.7. The Morgan fingerprint density at radius 2 is 1.58 bits per heavy atom. The smallest absolute Gasteiger partial charge is 0.212 e. The zero-order chi connectivity index (χ0) is 18.4. The third-order valence-corrected chi connectivity index (χ3v) is 5.60. The van der Waals surface area contributed by atoms with E-state index in [9.17, 15) is 0 Å². The van der Waals surface area contributed by atoms with E-state index in [4.69, 9.17) is 0 Å². The van der Waals surface area contributed by atoms with E-state index >= 15 is 0 Å². The van der Waals surface area contributed by atoms with Crippen LogP contribution in [0.15, 0.2) is 60.8 Å². The average Bonchev–Trinajstić information content (AvgIpc) is 2.89. The number of benzene rings is 2. The summed E-state index contributed by atoms with van der Waals surface area (Å²) in [4.78, 5) is 4.79. The SMILES string of the molecule is Cc1cc[n+](C)c(-c2cccc(N3c4ccccc4N(C)[C@H]3C)c2C)c1. The fourth-order valence-corrected chi connectivity index (χ4v) is 3.98. The zero-order valence-corrected chi connectivity index (χ0v) is 16.2. The first kappa shape index (κ1) is 16.6. The second kappa shape index (κ2) is 6.17. The monoisotopic (exact) mass is 344 g/mol. The van der Waals surface area contributed by atoms with Crippen LogP contribution in [0.2, 0.25) is 0 Å². The molecular formula is C23H26N3+. The van der Waals surface area contributed by atoms with Crippen molar-refractivity contribution < 1.29 is 4.57 Å². The Morgan fingerprint density at radius 3 is 2.35 bits per heavy atom. The number of para-hydroxylation sites is 2. The highest BCUT2D eigenvalue weighted by Crippen LogP contribution is 2.45. The molecule has 2 aromatic carbocycles. The van der Waals surface area contributed by atoms with E-state index in [0.29, 0.717) is 0 Å². The fraction of sp³-hybridized carbons (Fsp3) is 0.261. The molecule has 3 nitrogen and oxygen atoms in total. The minimum Gasteiger partial charge on any atom is -0.353 e. The molecule has 0 amide bonds. The van der Waals surface area contributed by atoms with Gasteiger partial charge in [-0.1, -0.05) is 18.2 Å². The summed E-state index contributed by atoms with van der Waals surface area (Å²) in [6.07, 6.45) is 2.42. The highest BCUT2D eigenvalue weighted by molar-refractivity contribution is 5.86. The predicted octanol–water partition coefficient (Wildman–Crippen LogP) is 4.73. The fourth-order valence-electron chi connectivity index (χ4n) is 3.98. The van der Waals surface area contributed by atoms with Gasteiger partial charge < -0.3 is 9.80 Å². The van der Waals surface area contributed by atoms with E-state index in [0.717, 1.165) is 0 Å². The number of hydrogen-bond donors (Lipinski definition) is 0. The van der Waals surface area contributed by atoms with Crippen LogP contribution in [0.5, 0.6) is 0 Å². The predicted molar refractivity (Wildman–Crippen MR) is 109 cm³/mol. The van der Waals surface area contributed by atoms with Crippen LogP contribution in [0.4, 0.5) is 17.1 Å². The molecule has 1 aliphatic heterocycles. The second-order valence-electron chi connectivity index (χ2n) is 7.25. The summed E-state index contributed by atoms with van der Waals surface area (Å²) in [5.74, 6) is 0. The van der Waals surface area contributed by atoms with Crippen molar-refractivity contribution in [1.29, 1.82) is 0 Å². The Balaban J connectivity index is 1.89. The molecule has 3 aromatic rings. The molecule has 0 N–H and O–H groups in total. The minimum absolute atomic E-state index is 0.285. The number of anilines is 3. The lowest BCUT2D eigenvalue weighted by atomic mass is 10.0. The summed E-state index contributed by atoms with van der Waals surface area (Å²) in [7, 11) is 4.28. The van der Waals surface area contributed by atoms with Gasteiger partial charge in [-0.3, -0.25) is 0 Å². The number of fused-ring (bicyclic) bond motifs is 1. The molecule has 0 saturated heterocycles. The Hall–Kier alpha value is -2.81. The van der Waals surface area contributed by atoms with Crippen LogP contribution in [0.25, 0.3) is 11.3 Å². The number of hydrogen-bond acceptors (Lipinski definition) is 2. The van der Waals surface area contributed by atoms with Crippen molar-refractivity contribution in [3.05, 3.63) is 71.9 Å². The molecule has 0 unspecified atom stereocenters. The maximum absolute atomic E-state index is 2.45. The first-order valence-electron chi connectivity index (χ1n) is 9.16. The highest BCUT2D eigenvalue weighted by Gasteiger charge is 2.32. The molecule has 1 atom stereocenters. The van der Waals surface area contributed by atoms with Crippen LogP contribution in [-0.2, 0) is 7.05 Å². The molecule has 3 heteroatoms. The molecule has 2 heterocycles. The minimum atomic E-state index is 0.285. The molecule has 4 rings (SSSR count). The normalized spacial score (nSPS) is 16.1. The highest BCUT2D eigenvalue weighted by atomic mass is 15.4. The van der Waals surface area contributed by atoms with Gasteiger partial charge in [0.1, 0.15) is 13.2 Å². The van der Waals surface area contributed by atoms with Crippen molar-refractivity contribution in [2.45, 2.75) is 26.9 Å². The van der Waals surface area contributed by atoms with Gasteiger partial charge in [0.2, 0.25) is 5.69 Å². The largest absolute Gasteiger partial charge is 0.353 e. The van der Waals surface area contributed by atoms with E-state index in [-0.39, 0.29) is 6.17 Å². The summed E-state index contributed by atoms with van der Waals surface area (Å²) < 4.78 is 2.20. The quantitative estimate of drug-likeness (QED) is 0.622. The average molecular weight is 344 g/mol. The van der Waals surface area contributed by atoms with Crippen LogP contribution in [0, 0.1) is 13.8 Å². The first-order chi connectivity index (χ1) is 12.5. The molecule has 0 aliphatic carbocycles. The lowest BCUT2D eigenvalue weighted by molar-refractivity contribution is -0.660. The van der Waals surface area contributed by atoms with Gasteiger partial charge in [-0.05, 0) is 56.2 Å². The molecule has 0 bridgehead atoms. The molecule has 132 valence electrons. The van der Waals surface area contributed by atoms with Crippen LogP contribution < -0.4 is 14.4 Å². The van der Waals surface area contributed by atoms with Gasteiger partial charge in [0.25, 0.3) is 0 Å². The summed E-state index contributed by atoms with van der Waals surface area (Å²) >= 11 is 0. The van der Waals surface area contributed by atoms with Crippen molar-refractivity contribution >= 4 is 17.1 Å². The van der Waals surface area contributed by atoms with E-state index in [1.807, 2.05) is 0 Å². The molecule has 0 saturated carbocycles. The molecular weight excluding hydrogens is 318 g/mol. The number of aromatic nitrogens is 1. The standard InChI is InChI=1S/C23H26N3/c1-16-13-14-24(4)23(15-16)19-9-8-12-20(17(19)2)26-18(3)25(5)21-10-6-7-11-22(21)26/h6-15,18H,1-5H3/q+1/t18-/m1/s1. The number of rotatable bonds is 2. The van der Waals surface area contributed by atoms with E-state index in [1.54, 1.807) is 0 Å². The summed E-state index contributed by atoms with van der Waals surface area (Å²) in [5, 5.41) is 0. The van der Waals surface area contributed by atoms with Gasteiger partial charge in [0.15, 0.2) is 6.20 Å². The Labute approximate surface area is 156 Å². The van der Waals surface area contributed by atoms with Crippen molar-refractivity contribution in [2.75, 3.05) is 16.8 Å². The Morgan fingerprint density at radius 1 is 0.885 bits per heavy atom. The van der Waals surface area contributed by atoms with Gasteiger partial charge >= 0.3 is 0 Å². The first-order valence-corrected chi connectivity index (χ1v) is 9.16. The topological polar surface area (TPSA) is 10.4 Å². The van der Waals surface area contributed by atoms with E-state index < -0.39 is 0 Å². The van der Waals surface area contributed by atoms with Crippen LogP contribution in [-0.4, -0.2) is 13.2 Å². The molecule has 26 heavy (non-hydrogen) atoms.